The van der Waals surface area contributed by atoms with Crippen molar-refractivity contribution in [1.29, 1.82) is 0 Å². The highest BCUT2D eigenvalue weighted by Crippen LogP contribution is 2.52. The number of esters is 1. The third-order valence-corrected chi connectivity index (χ3v) is 4.95. The Labute approximate surface area is 139 Å². The highest BCUT2D eigenvalue weighted by atomic mass is 16.8. The summed E-state index contributed by atoms with van der Waals surface area (Å²) in [5.41, 5.74) is 1.13. The first kappa shape index (κ1) is 15.7. The average Bonchev–Trinajstić information content (AvgIpc) is 3.18. The molecule has 0 radical (unpaired) electrons. The summed E-state index contributed by atoms with van der Waals surface area (Å²) in [6, 6.07) is -0.194. The summed E-state index contributed by atoms with van der Waals surface area (Å²) in [4.78, 5) is 15.7. The van der Waals surface area contributed by atoms with E-state index in [2.05, 4.69) is 14.8 Å². The number of carbonyl (C=O) groups is 1. The molecule has 1 aromatic heterocycles. The number of ether oxygens (including phenoxy) is 3. The van der Waals surface area contributed by atoms with Crippen molar-refractivity contribution < 1.29 is 24.1 Å². The van der Waals surface area contributed by atoms with E-state index in [4.69, 9.17) is 9.47 Å². The lowest BCUT2D eigenvalue weighted by atomic mass is 9.86. The fraction of sp³-hybridized carbons (Fsp3) is 0.688. The molecule has 1 unspecified atom stereocenters. The predicted octanol–water partition coefficient (Wildman–Crippen LogP) is 0.837. The van der Waals surface area contributed by atoms with E-state index in [-0.39, 0.29) is 36.1 Å². The monoisotopic (exact) mass is 335 g/mol. The molecular formula is C16H21N3O5. The van der Waals surface area contributed by atoms with E-state index in [1.807, 2.05) is 19.9 Å². The number of hydrogen-bond donors (Lipinski definition) is 1. The van der Waals surface area contributed by atoms with E-state index in [1.165, 1.54) is 13.4 Å². The molecule has 2 heterocycles. The van der Waals surface area contributed by atoms with Crippen molar-refractivity contribution in [2.75, 3.05) is 7.11 Å². The molecule has 0 spiro atoms. The zero-order valence-electron chi connectivity index (χ0n) is 13.9. The summed E-state index contributed by atoms with van der Waals surface area (Å²) in [7, 11) is 1.30. The van der Waals surface area contributed by atoms with Crippen LogP contribution in [0.25, 0.3) is 0 Å². The molecule has 3 aliphatic rings. The molecule has 8 heteroatoms. The number of nitrogens with zero attached hydrogens (tertiary/aromatic N) is 3. The van der Waals surface area contributed by atoms with Gasteiger partial charge in [0.15, 0.2) is 5.79 Å². The first-order chi connectivity index (χ1) is 11.4. The van der Waals surface area contributed by atoms with Crippen LogP contribution in [0.2, 0.25) is 0 Å². The summed E-state index contributed by atoms with van der Waals surface area (Å²) in [5, 5.41) is 14.3. The summed E-state index contributed by atoms with van der Waals surface area (Å²) >= 11 is 0. The topological polar surface area (TPSA) is 95.7 Å². The smallest absolute Gasteiger partial charge is 0.377 e. The van der Waals surface area contributed by atoms with Crippen molar-refractivity contribution in [2.45, 2.75) is 56.8 Å². The number of aliphatic hydroxyl groups excluding tert-OH is 1. The molecule has 0 aromatic carbocycles. The van der Waals surface area contributed by atoms with Gasteiger partial charge in [-0.3, -0.25) is 0 Å². The molecule has 1 N–H and O–H groups in total. The first-order valence-electron chi connectivity index (χ1n) is 8.13. The maximum absolute atomic E-state index is 11.6. The molecular weight excluding hydrogens is 314 g/mol. The molecule has 4 rings (SSSR count). The number of aliphatic hydroxyl groups is 1. The van der Waals surface area contributed by atoms with Crippen LogP contribution in [0.1, 0.15) is 43.3 Å². The minimum atomic E-state index is -0.687. The Hall–Kier alpha value is -1.77. The summed E-state index contributed by atoms with van der Waals surface area (Å²) in [5.74, 6) is -1.16. The Kier molecular flexibility index (Phi) is 3.52. The van der Waals surface area contributed by atoms with Gasteiger partial charge in [-0.15, -0.1) is 5.10 Å². The summed E-state index contributed by atoms with van der Waals surface area (Å²) < 4.78 is 18.5. The van der Waals surface area contributed by atoms with Crippen LogP contribution in [0, 0.1) is 5.92 Å². The van der Waals surface area contributed by atoms with Crippen molar-refractivity contribution in [2.24, 2.45) is 5.92 Å². The third-order valence-electron chi connectivity index (χ3n) is 4.95. The van der Waals surface area contributed by atoms with E-state index in [1.54, 1.807) is 4.68 Å². The average molecular weight is 335 g/mol. The molecule has 1 aliphatic heterocycles. The normalized spacial score (nSPS) is 36.8. The quantitative estimate of drug-likeness (QED) is 0.632. The van der Waals surface area contributed by atoms with Gasteiger partial charge in [0.25, 0.3) is 5.82 Å². The zero-order valence-corrected chi connectivity index (χ0v) is 13.9. The van der Waals surface area contributed by atoms with Crippen LogP contribution >= 0.6 is 0 Å². The third kappa shape index (κ3) is 2.37. The van der Waals surface area contributed by atoms with Gasteiger partial charge in [-0.1, -0.05) is 6.08 Å². The lowest BCUT2D eigenvalue weighted by Gasteiger charge is -2.29. The maximum atomic E-state index is 11.6. The van der Waals surface area contributed by atoms with Crippen molar-refractivity contribution in [3.8, 4) is 0 Å². The molecule has 5 atom stereocenters. The van der Waals surface area contributed by atoms with Crippen LogP contribution in [0.3, 0.4) is 0 Å². The van der Waals surface area contributed by atoms with E-state index in [0.717, 1.165) is 5.57 Å². The van der Waals surface area contributed by atoms with Gasteiger partial charge in [0.05, 0.1) is 19.3 Å². The second kappa shape index (κ2) is 5.37. The van der Waals surface area contributed by atoms with Gasteiger partial charge in [-0.2, -0.15) is 0 Å². The highest BCUT2D eigenvalue weighted by molar-refractivity contribution is 5.84. The number of rotatable bonds is 2. The largest absolute Gasteiger partial charge is 0.463 e. The van der Waals surface area contributed by atoms with Crippen molar-refractivity contribution in [1.82, 2.24) is 14.8 Å². The summed E-state index contributed by atoms with van der Waals surface area (Å²) in [6.45, 7) is 3.76. The second-order valence-corrected chi connectivity index (χ2v) is 6.99. The van der Waals surface area contributed by atoms with Gasteiger partial charge >= 0.3 is 5.97 Å². The molecule has 0 bridgehead atoms. The van der Waals surface area contributed by atoms with Gasteiger partial charge in [0.1, 0.15) is 18.5 Å². The molecule has 1 saturated heterocycles. The van der Waals surface area contributed by atoms with Crippen LogP contribution in [-0.4, -0.2) is 57.0 Å². The van der Waals surface area contributed by atoms with E-state index in [0.29, 0.717) is 12.8 Å². The SMILES string of the molecule is COC(=O)c1ncn([C@@H]2C3=CCC(O)C[C@@H]3[C@H]3OC(C)(C)O[C@H]32)n1. The Bertz CT molecular complexity index is 698. The standard InChI is InChI=1S/C16H21N3O5/c1-16(2)23-12-10-6-8(20)4-5-9(10)11(13(12)24-16)19-7-17-14(18-19)15(21)22-3/h5,7-8,10-13,20H,4,6H2,1-3H3/t8?,10-,11+,12+,13-/m0/s1. The number of aromatic nitrogens is 3. The zero-order chi connectivity index (χ0) is 17.1. The Morgan fingerprint density at radius 2 is 2.17 bits per heavy atom. The fourth-order valence-electron chi connectivity index (χ4n) is 4.07. The number of fused-ring (bicyclic) bond motifs is 3. The van der Waals surface area contributed by atoms with Crippen LogP contribution < -0.4 is 0 Å². The Morgan fingerprint density at radius 1 is 1.42 bits per heavy atom. The number of methoxy groups -OCH3 is 1. The maximum Gasteiger partial charge on any atom is 0.377 e. The van der Waals surface area contributed by atoms with E-state index in [9.17, 15) is 9.90 Å². The minimum Gasteiger partial charge on any atom is -0.463 e. The highest BCUT2D eigenvalue weighted by Gasteiger charge is 2.58. The first-order valence-corrected chi connectivity index (χ1v) is 8.13. The number of hydrogen-bond acceptors (Lipinski definition) is 7. The van der Waals surface area contributed by atoms with E-state index >= 15 is 0 Å². The van der Waals surface area contributed by atoms with E-state index < -0.39 is 11.8 Å². The summed E-state index contributed by atoms with van der Waals surface area (Å²) in [6.07, 6.45) is 4.07. The minimum absolute atomic E-state index is 0.0205. The van der Waals surface area contributed by atoms with Crippen LogP contribution in [0.5, 0.6) is 0 Å². The van der Waals surface area contributed by atoms with Crippen molar-refractivity contribution in [3.63, 3.8) is 0 Å². The molecule has 1 saturated carbocycles. The van der Waals surface area contributed by atoms with Gasteiger partial charge < -0.3 is 19.3 Å². The number of carbonyl (C=O) groups excluding carboxylic acids is 1. The molecule has 24 heavy (non-hydrogen) atoms. The van der Waals surface area contributed by atoms with Crippen LogP contribution in [0.15, 0.2) is 18.0 Å². The second-order valence-electron chi connectivity index (χ2n) is 6.99. The van der Waals surface area contributed by atoms with Crippen LogP contribution in [0.4, 0.5) is 0 Å². The van der Waals surface area contributed by atoms with Gasteiger partial charge in [-0.05, 0) is 32.3 Å². The molecule has 1 aromatic rings. The molecule has 8 nitrogen and oxygen atoms in total. The van der Waals surface area contributed by atoms with Crippen molar-refractivity contribution in [3.05, 3.63) is 23.8 Å². The molecule has 130 valence electrons. The lowest BCUT2D eigenvalue weighted by molar-refractivity contribution is -0.157. The molecule has 2 fully saturated rings. The molecule has 2 aliphatic carbocycles. The lowest BCUT2D eigenvalue weighted by Crippen LogP contribution is -2.30. The van der Waals surface area contributed by atoms with Crippen LogP contribution in [-0.2, 0) is 14.2 Å². The van der Waals surface area contributed by atoms with Crippen molar-refractivity contribution >= 4 is 5.97 Å². The predicted molar refractivity (Wildman–Crippen MR) is 81.0 cm³/mol. The fourth-order valence-corrected chi connectivity index (χ4v) is 4.07. The molecule has 0 amide bonds. The Morgan fingerprint density at radius 3 is 2.92 bits per heavy atom. The van der Waals surface area contributed by atoms with Gasteiger partial charge in [0.2, 0.25) is 0 Å². The van der Waals surface area contributed by atoms with Gasteiger partial charge in [0, 0.05) is 5.92 Å². The Balaban J connectivity index is 1.72. The van der Waals surface area contributed by atoms with Gasteiger partial charge in [-0.25, -0.2) is 14.5 Å².